The van der Waals surface area contributed by atoms with Crippen LogP contribution in [0, 0.1) is 0 Å². The van der Waals surface area contributed by atoms with Gasteiger partial charge in [-0.15, -0.1) is 0 Å². The lowest BCUT2D eigenvalue weighted by atomic mass is 9.92. The van der Waals surface area contributed by atoms with Crippen molar-refractivity contribution in [3.8, 4) is 0 Å². The van der Waals surface area contributed by atoms with Crippen LogP contribution in [0.2, 0.25) is 0 Å². The number of hydrogen-bond donors (Lipinski definition) is 1. The molecular weight excluding hydrogens is 232 g/mol. The van der Waals surface area contributed by atoms with E-state index in [9.17, 15) is 0 Å². The Balaban J connectivity index is 2.18. The maximum atomic E-state index is 3.64. The van der Waals surface area contributed by atoms with E-state index in [0.717, 1.165) is 6.54 Å². The summed E-state index contributed by atoms with van der Waals surface area (Å²) in [5.74, 6) is 0. The predicted octanol–water partition coefficient (Wildman–Crippen LogP) is 4.20. The standard InChI is InChI=1S/C17H36N2/c1-5-7-8-9-10-11-12-13-19-14-16(3)18-15-17(19,4)6-2/h16,18H,5-15H2,1-4H3. The minimum absolute atomic E-state index is 0.384. The van der Waals surface area contributed by atoms with Crippen molar-refractivity contribution in [2.24, 2.45) is 0 Å². The van der Waals surface area contributed by atoms with Crippen LogP contribution in [0.25, 0.3) is 0 Å². The Bertz CT molecular complexity index is 229. The van der Waals surface area contributed by atoms with Gasteiger partial charge in [-0.05, 0) is 33.2 Å². The number of piperazine rings is 1. The number of rotatable bonds is 9. The van der Waals surface area contributed by atoms with Gasteiger partial charge in [0.05, 0.1) is 0 Å². The lowest BCUT2D eigenvalue weighted by Crippen LogP contribution is -2.62. The normalized spacial score (nSPS) is 28.7. The Kier molecular flexibility index (Phi) is 8.01. The number of hydrogen-bond acceptors (Lipinski definition) is 2. The van der Waals surface area contributed by atoms with E-state index in [1.54, 1.807) is 0 Å². The summed E-state index contributed by atoms with van der Waals surface area (Å²) < 4.78 is 0. The molecule has 0 aromatic rings. The van der Waals surface area contributed by atoms with E-state index in [-0.39, 0.29) is 0 Å². The summed E-state index contributed by atoms with van der Waals surface area (Å²) in [4.78, 5) is 2.74. The molecule has 1 saturated heterocycles. The van der Waals surface area contributed by atoms with E-state index in [0.29, 0.717) is 11.6 Å². The third kappa shape index (κ3) is 5.83. The van der Waals surface area contributed by atoms with Gasteiger partial charge in [-0.3, -0.25) is 4.90 Å². The van der Waals surface area contributed by atoms with Gasteiger partial charge < -0.3 is 5.32 Å². The molecule has 0 bridgehead atoms. The second kappa shape index (κ2) is 8.97. The molecule has 1 heterocycles. The van der Waals surface area contributed by atoms with Crippen LogP contribution in [0.3, 0.4) is 0 Å². The first kappa shape index (κ1) is 17.0. The van der Waals surface area contributed by atoms with E-state index < -0.39 is 0 Å². The van der Waals surface area contributed by atoms with Gasteiger partial charge in [-0.2, -0.15) is 0 Å². The summed E-state index contributed by atoms with van der Waals surface area (Å²) in [5.41, 5.74) is 0.384. The van der Waals surface area contributed by atoms with Crippen LogP contribution in [0.15, 0.2) is 0 Å². The minimum Gasteiger partial charge on any atom is -0.311 e. The van der Waals surface area contributed by atoms with Crippen LogP contribution < -0.4 is 5.32 Å². The van der Waals surface area contributed by atoms with E-state index in [1.807, 2.05) is 0 Å². The molecule has 2 unspecified atom stereocenters. The van der Waals surface area contributed by atoms with E-state index in [1.165, 1.54) is 64.5 Å². The minimum atomic E-state index is 0.384. The molecule has 2 nitrogen and oxygen atoms in total. The largest absolute Gasteiger partial charge is 0.311 e. The Morgan fingerprint density at radius 3 is 2.32 bits per heavy atom. The van der Waals surface area contributed by atoms with Crippen molar-refractivity contribution < 1.29 is 0 Å². The summed E-state index contributed by atoms with van der Waals surface area (Å²) in [7, 11) is 0. The molecule has 19 heavy (non-hydrogen) atoms. The zero-order valence-electron chi connectivity index (χ0n) is 13.8. The van der Waals surface area contributed by atoms with Crippen molar-refractivity contribution >= 4 is 0 Å². The molecule has 1 fully saturated rings. The quantitative estimate of drug-likeness (QED) is 0.631. The van der Waals surface area contributed by atoms with Crippen molar-refractivity contribution in [3.63, 3.8) is 0 Å². The highest BCUT2D eigenvalue weighted by Crippen LogP contribution is 2.23. The average Bonchev–Trinajstić information content (AvgIpc) is 2.41. The number of nitrogens with zero attached hydrogens (tertiary/aromatic N) is 1. The lowest BCUT2D eigenvalue weighted by Gasteiger charge is -2.47. The van der Waals surface area contributed by atoms with Crippen molar-refractivity contribution in [1.82, 2.24) is 10.2 Å². The highest BCUT2D eigenvalue weighted by atomic mass is 15.3. The molecule has 0 radical (unpaired) electrons. The van der Waals surface area contributed by atoms with E-state index >= 15 is 0 Å². The summed E-state index contributed by atoms with van der Waals surface area (Å²) in [6.07, 6.45) is 11.1. The molecule has 0 saturated carbocycles. The average molecular weight is 268 g/mol. The second-order valence-corrected chi connectivity index (χ2v) is 6.70. The van der Waals surface area contributed by atoms with Crippen LogP contribution in [0.5, 0.6) is 0 Å². The van der Waals surface area contributed by atoms with Crippen LogP contribution in [0.4, 0.5) is 0 Å². The van der Waals surface area contributed by atoms with Crippen LogP contribution in [0.1, 0.15) is 79.1 Å². The summed E-state index contributed by atoms with van der Waals surface area (Å²) in [6, 6.07) is 0.657. The fraction of sp³-hybridized carbons (Fsp3) is 1.00. The SMILES string of the molecule is CCCCCCCCCN1CC(C)NCC1(C)CC. The van der Waals surface area contributed by atoms with Crippen molar-refractivity contribution in [2.75, 3.05) is 19.6 Å². The van der Waals surface area contributed by atoms with Crippen molar-refractivity contribution in [2.45, 2.75) is 90.6 Å². The number of nitrogens with one attached hydrogen (secondary N) is 1. The lowest BCUT2D eigenvalue weighted by molar-refractivity contribution is 0.0510. The summed E-state index contributed by atoms with van der Waals surface area (Å²) in [5, 5.41) is 3.64. The Labute approximate surface area is 121 Å². The first-order chi connectivity index (χ1) is 9.12. The molecule has 0 spiro atoms. The topological polar surface area (TPSA) is 15.3 Å². The Morgan fingerprint density at radius 2 is 1.68 bits per heavy atom. The maximum Gasteiger partial charge on any atom is 0.0303 e. The van der Waals surface area contributed by atoms with E-state index in [4.69, 9.17) is 0 Å². The highest BCUT2D eigenvalue weighted by Gasteiger charge is 2.34. The zero-order valence-corrected chi connectivity index (χ0v) is 13.8. The Morgan fingerprint density at radius 1 is 1.05 bits per heavy atom. The third-order valence-electron chi connectivity index (χ3n) is 4.88. The van der Waals surface area contributed by atoms with Gasteiger partial charge in [0.25, 0.3) is 0 Å². The van der Waals surface area contributed by atoms with Gasteiger partial charge in [0.15, 0.2) is 0 Å². The fourth-order valence-electron chi connectivity index (χ4n) is 3.09. The molecule has 2 atom stereocenters. The van der Waals surface area contributed by atoms with Crippen LogP contribution in [-0.4, -0.2) is 36.1 Å². The predicted molar refractivity (Wildman–Crippen MR) is 85.7 cm³/mol. The van der Waals surface area contributed by atoms with Gasteiger partial charge in [-0.1, -0.05) is 52.4 Å². The fourth-order valence-corrected chi connectivity index (χ4v) is 3.09. The molecule has 0 aromatic carbocycles. The van der Waals surface area contributed by atoms with Crippen LogP contribution in [-0.2, 0) is 0 Å². The first-order valence-electron chi connectivity index (χ1n) is 8.61. The molecule has 0 aliphatic carbocycles. The molecule has 1 aliphatic heterocycles. The molecule has 0 amide bonds. The third-order valence-corrected chi connectivity index (χ3v) is 4.88. The molecule has 1 rings (SSSR count). The van der Waals surface area contributed by atoms with Gasteiger partial charge in [-0.25, -0.2) is 0 Å². The molecule has 1 aliphatic rings. The van der Waals surface area contributed by atoms with E-state index in [2.05, 4.69) is 37.9 Å². The second-order valence-electron chi connectivity index (χ2n) is 6.70. The zero-order chi connectivity index (χ0) is 14.1. The highest BCUT2D eigenvalue weighted by molar-refractivity contribution is 4.93. The van der Waals surface area contributed by atoms with Gasteiger partial charge in [0.1, 0.15) is 0 Å². The first-order valence-corrected chi connectivity index (χ1v) is 8.61. The molecule has 114 valence electrons. The van der Waals surface area contributed by atoms with Crippen molar-refractivity contribution in [1.29, 1.82) is 0 Å². The molecule has 1 N–H and O–H groups in total. The van der Waals surface area contributed by atoms with Crippen LogP contribution >= 0.6 is 0 Å². The smallest absolute Gasteiger partial charge is 0.0303 e. The van der Waals surface area contributed by atoms with Crippen molar-refractivity contribution in [3.05, 3.63) is 0 Å². The monoisotopic (exact) mass is 268 g/mol. The maximum absolute atomic E-state index is 3.64. The molecule has 0 aromatic heterocycles. The number of unbranched alkanes of at least 4 members (excludes halogenated alkanes) is 6. The van der Waals surface area contributed by atoms with Gasteiger partial charge in [0.2, 0.25) is 0 Å². The summed E-state index contributed by atoms with van der Waals surface area (Å²) in [6.45, 7) is 13.0. The van der Waals surface area contributed by atoms with Gasteiger partial charge in [0, 0.05) is 24.7 Å². The molecular formula is C17H36N2. The summed E-state index contributed by atoms with van der Waals surface area (Å²) >= 11 is 0. The Hall–Kier alpha value is -0.0800. The van der Waals surface area contributed by atoms with Gasteiger partial charge >= 0.3 is 0 Å². The molecule has 2 heteroatoms.